The number of anilines is 1. The number of nitrogens with zero attached hydrogens (tertiary/aromatic N) is 1. The summed E-state index contributed by atoms with van der Waals surface area (Å²) in [6, 6.07) is 11.2. The van der Waals surface area contributed by atoms with Gasteiger partial charge in [0, 0.05) is 11.3 Å². The van der Waals surface area contributed by atoms with Gasteiger partial charge in [-0.1, -0.05) is 29.7 Å². The molecular weight excluding hydrogens is 388 g/mol. The number of ether oxygens (including phenoxy) is 2. The molecule has 2 rings (SSSR count). The van der Waals surface area contributed by atoms with Gasteiger partial charge in [-0.3, -0.25) is 4.79 Å². The average Bonchev–Trinajstić information content (AvgIpc) is 2.73. The van der Waals surface area contributed by atoms with Crippen molar-refractivity contribution in [3.63, 3.8) is 0 Å². The number of carbonyl (C=O) groups excluding carboxylic acids is 1. The minimum absolute atomic E-state index is 0.0238. The lowest BCUT2D eigenvalue weighted by molar-refractivity contribution is -0.112. The van der Waals surface area contributed by atoms with E-state index in [4.69, 9.17) is 15.9 Å². The van der Waals surface area contributed by atoms with E-state index in [-0.39, 0.29) is 12.2 Å². The zero-order valence-corrected chi connectivity index (χ0v) is 18.1. The normalized spacial score (nSPS) is 10.5. The van der Waals surface area contributed by atoms with E-state index in [1.165, 1.54) is 6.08 Å². The summed E-state index contributed by atoms with van der Waals surface area (Å²) in [6.45, 7) is 10.0. The molecule has 1 amide bonds. The molecule has 5 nitrogen and oxygen atoms in total. The molecule has 31 heavy (non-hydrogen) atoms. The van der Waals surface area contributed by atoms with Gasteiger partial charge in [-0.15, -0.1) is 13.0 Å². The van der Waals surface area contributed by atoms with Crippen LogP contribution in [0.4, 0.5) is 5.69 Å². The standard InChI is InChI=1S/C26H26N2O3/c1-6-9-21-14-20(16-24(30-8-3)25(21)31-12-7-2)15-22(17-27)26(29)28-23-11-10-18(4)13-19(23)5/h2,6,10-11,13-16H,1,8-9,12H2,3-5H3,(H,28,29)/b22-15+. The van der Waals surface area contributed by atoms with Crippen LogP contribution in [0.2, 0.25) is 0 Å². The van der Waals surface area contributed by atoms with Crippen LogP contribution >= 0.6 is 0 Å². The molecule has 0 aliphatic rings. The van der Waals surface area contributed by atoms with Crippen molar-refractivity contribution in [2.45, 2.75) is 27.2 Å². The number of rotatable bonds is 9. The summed E-state index contributed by atoms with van der Waals surface area (Å²) < 4.78 is 11.4. The van der Waals surface area contributed by atoms with E-state index in [1.54, 1.807) is 12.1 Å². The van der Waals surface area contributed by atoms with Gasteiger partial charge < -0.3 is 14.8 Å². The maximum atomic E-state index is 12.7. The highest BCUT2D eigenvalue weighted by molar-refractivity contribution is 6.10. The van der Waals surface area contributed by atoms with Crippen molar-refractivity contribution in [1.29, 1.82) is 5.26 Å². The molecule has 0 bridgehead atoms. The van der Waals surface area contributed by atoms with Crippen molar-refractivity contribution in [1.82, 2.24) is 0 Å². The molecule has 0 fully saturated rings. The van der Waals surface area contributed by atoms with Gasteiger partial charge in [-0.05, 0) is 62.6 Å². The highest BCUT2D eigenvalue weighted by Crippen LogP contribution is 2.34. The number of hydrogen-bond donors (Lipinski definition) is 1. The number of aryl methyl sites for hydroxylation is 2. The molecule has 0 aromatic heterocycles. The summed E-state index contributed by atoms with van der Waals surface area (Å²) in [4.78, 5) is 12.7. The fraction of sp³-hybridized carbons (Fsp3) is 0.231. The Labute approximate surface area is 184 Å². The molecule has 0 spiro atoms. The van der Waals surface area contributed by atoms with Gasteiger partial charge in [-0.25, -0.2) is 0 Å². The fourth-order valence-electron chi connectivity index (χ4n) is 3.07. The zero-order valence-electron chi connectivity index (χ0n) is 18.1. The van der Waals surface area contributed by atoms with Gasteiger partial charge in [-0.2, -0.15) is 5.26 Å². The Hall–Kier alpha value is -3.96. The number of nitrogens with one attached hydrogen (secondary N) is 1. The Kier molecular flexibility index (Phi) is 8.49. The second kappa shape index (κ2) is 11.3. The molecule has 2 aromatic rings. The summed E-state index contributed by atoms with van der Waals surface area (Å²) in [6.07, 6.45) is 9.10. The first-order chi connectivity index (χ1) is 14.9. The van der Waals surface area contributed by atoms with E-state index >= 15 is 0 Å². The summed E-state index contributed by atoms with van der Waals surface area (Å²) in [5, 5.41) is 12.4. The summed E-state index contributed by atoms with van der Waals surface area (Å²) in [5.41, 5.74) is 4.10. The van der Waals surface area contributed by atoms with Gasteiger partial charge in [0.05, 0.1) is 6.61 Å². The zero-order chi connectivity index (χ0) is 22.8. The predicted molar refractivity (Wildman–Crippen MR) is 124 cm³/mol. The van der Waals surface area contributed by atoms with Gasteiger partial charge in [0.1, 0.15) is 18.2 Å². The van der Waals surface area contributed by atoms with Crippen molar-refractivity contribution < 1.29 is 14.3 Å². The summed E-state index contributed by atoms with van der Waals surface area (Å²) in [5.74, 6) is 3.00. The van der Waals surface area contributed by atoms with Crippen LogP contribution in [0.5, 0.6) is 11.5 Å². The molecular formula is C26H26N2O3. The minimum atomic E-state index is -0.481. The third-order valence-corrected chi connectivity index (χ3v) is 4.42. The topological polar surface area (TPSA) is 71.3 Å². The lowest BCUT2D eigenvalue weighted by atomic mass is 10.0. The average molecular weight is 415 g/mol. The van der Waals surface area contributed by atoms with E-state index in [0.717, 1.165) is 16.7 Å². The van der Waals surface area contributed by atoms with Gasteiger partial charge in [0.15, 0.2) is 11.5 Å². The molecule has 158 valence electrons. The number of hydrogen-bond acceptors (Lipinski definition) is 4. The molecule has 0 saturated carbocycles. The second-order valence-corrected chi connectivity index (χ2v) is 6.87. The van der Waals surface area contributed by atoms with Crippen LogP contribution < -0.4 is 14.8 Å². The first kappa shape index (κ1) is 23.3. The van der Waals surface area contributed by atoms with Crippen LogP contribution in [0.25, 0.3) is 6.08 Å². The van der Waals surface area contributed by atoms with Crippen molar-refractivity contribution in [3.8, 4) is 29.9 Å². The quantitative estimate of drug-likeness (QED) is 0.272. The number of allylic oxidation sites excluding steroid dienone is 1. The molecule has 0 heterocycles. The Morgan fingerprint density at radius 1 is 1.26 bits per heavy atom. The number of benzene rings is 2. The van der Waals surface area contributed by atoms with Gasteiger partial charge in [0.2, 0.25) is 0 Å². The van der Waals surface area contributed by atoms with E-state index in [9.17, 15) is 10.1 Å². The third kappa shape index (κ3) is 6.26. The predicted octanol–water partition coefficient (Wildman–Crippen LogP) is 4.99. The lowest BCUT2D eigenvalue weighted by Gasteiger charge is -2.15. The maximum absolute atomic E-state index is 12.7. The molecule has 5 heteroatoms. The van der Waals surface area contributed by atoms with Crippen LogP contribution in [0.15, 0.2) is 48.6 Å². The fourth-order valence-corrected chi connectivity index (χ4v) is 3.07. The Morgan fingerprint density at radius 2 is 2.03 bits per heavy atom. The van der Waals surface area contributed by atoms with Crippen molar-refractivity contribution in [2.75, 3.05) is 18.5 Å². The number of amides is 1. The SMILES string of the molecule is C#CCOc1c(CC=C)cc(/C=C(\C#N)C(=O)Nc2ccc(C)cc2C)cc1OCC. The lowest BCUT2D eigenvalue weighted by Crippen LogP contribution is -2.14. The first-order valence-electron chi connectivity index (χ1n) is 9.90. The molecule has 1 N–H and O–H groups in total. The van der Waals surface area contributed by atoms with E-state index in [1.807, 2.05) is 51.1 Å². The van der Waals surface area contributed by atoms with Crippen molar-refractivity contribution >= 4 is 17.7 Å². The number of carbonyl (C=O) groups is 1. The molecule has 0 aliphatic carbocycles. The summed E-state index contributed by atoms with van der Waals surface area (Å²) in [7, 11) is 0. The summed E-state index contributed by atoms with van der Waals surface area (Å²) >= 11 is 0. The first-order valence-corrected chi connectivity index (χ1v) is 9.90. The highest BCUT2D eigenvalue weighted by atomic mass is 16.5. The van der Waals surface area contributed by atoms with Crippen LogP contribution in [0.1, 0.15) is 29.2 Å². The van der Waals surface area contributed by atoms with Gasteiger partial charge >= 0.3 is 0 Å². The molecule has 0 unspecified atom stereocenters. The molecule has 0 radical (unpaired) electrons. The van der Waals surface area contributed by atoms with Crippen molar-refractivity contribution in [3.05, 3.63) is 70.8 Å². The maximum Gasteiger partial charge on any atom is 0.266 e. The van der Waals surface area contributed by atoms with Crippen molar-refractivity contribution in [2.24, 2.45) is 0 Å². The van der Waals surface area contributed by atoms with E-state index < -0.39 is 5.91 Å². The Bertz CT molecular complexity index is 1090. The van der Waals surface area contributed by atoms with Crippen LogP contribution in [0, 0.1) is 37.5 Å². The number of nitriles is 1. The van der Waals surface area contributed by atoms with Gasteiger partial charge in [0.25, 0.3) is 5.91 Å². The Morgan fingerprint density at radius 3 is 2.65 bits per heavy atom. The van der Waals surface area contributed by atoms with E-state index in [2.05, 4.69) is 17.8 Å². The monoisotopic (exact) mass is 414 g/mol. The molecule has 0 aliphatic heterocycles. The van der Waals surface area contributed by atoms with E-state index in [0.29, 0.717) is 35.8 Å². The van der Waals surface area contributed by atoms with Crippen LogP contribution in [-0.4, -0.2) is 19.1 Å². The Balaban J connectivity index is 2.44. The minimum Gasteiger partial charge on any atom is -0.490 e. The molecule has 0 atom stereocenters. The van der Waals surface area contributed by atoms with Crippen LogP contribution in [0.3, 0.4) is 0 Å². The highest BCUT2D eigenvalue weighted by Gasteiger charge is 2.15. The van der Waals surface area contributed by atoms with Crippen LogP contribution in [-0.2, 0) is 11.2 Å². The molecule has 2 aromatic carbocycles. The smallest absolute Gasteiger partial charge is 0.266 e. The second-order valence-electron chi connectivity index (χ2n) is 6.87. The third-order valence-electron chi connectivity index (χ3n) is 4.42. The molecule has 0 saturated heterocycles. The number of terminal acetylenes is 1. The largest absolute Gasteiger partial charge is 0.490 e.